The Morgan fingerprint density at radius 2 is 1.96 bits per heavy atom. The first-order valence-electron chi connectivity index (χ1n) is 8.55. The van der Waals surface area contributed by atoms with Gasteiger partial charge in [-0.25, -0.2) is 4.68 Å². The van der Waals surface area contributed by atoms with E-state index in [1.165, 1.54) is 21.6 Å². The number of thiophene rings is 2. The first kappa shape index (κ1) is 16.3. The largest absolute Gasteiger partial charge is 0.326 e. The molecule has 1 aliphatic rings. The number of fused-ring (bicyclic) bond motifs is 1. The molecule has 1 atom stereocenters. The summed E-state index contributed by atoms with van der Waals surface area (Å²) < 4.78 is 1.57. The van der Waals surface area contributed by atoms with Crippen molar-refractivity contribution >= 4 is 28.6 Å². The third-order valence-corrected chi connectivity index (χ3v) is 6.69. The first-order chi connectivity index (χ1) is 13.3. The molecule has 1 aromatic carbocycles. The summed E-state index contributed by atoms with van der Waals surface area (Å²) in [6.45, 7) is 0.726. The Balaban J connectivity index is 1.48. The van der Waals surface area contributed by atoms with Gasteiger partial charge < -0.3 is 4.90 Å². The molecule has 27 heavy (non-hydrogen) atoms. The highest BCUT2D eigenvalue weighted by Gasteiger charge is 2.33. The summed E-state index contributed by atoms with van der Waals surface area (Å²) in [4.78, 5) is 17.9. The van der Waals surface area contributed by atoms with Crippen LogP contribution in [0.4, 0.5) is 0 Å². The molecular weight excluding hydrogens is 378 g/mol. The maximum Gasteiger partial charge on any atom is 0.254 e. The van der Waals surface area contributed by atoms with E-state index in [1.54, 1.807) is 27.4 Å². The lowest BCUT2D eigenvalue weighted by molar-refractivity contribution is 0.0699. The molecule has 0 saturated carbocycles. The molecule has 8 heteroatoms. The van der Waals surface area contributed by atoms with Crippen molar-refractivity contribution in [1.82, 2.24) is 25.1 Å². The molecule has 0 N–H and O–H groups in total. The van der Waals surface area contributed by atoms with E-state index >= 15 is 0 Å². The smallest absolute Gasteiger partial charge is 0.254 e. The lowest BCUT2D eigenvalue weighted by Crippen LogP contribution is -2.39. The highest BCUT2D eigenvalue weighted by Crippen LogP contribution is 2.40. The Hall–Kier alpha value is -2.84. The van der Waals surface area contributed by atoms with Gasteiger partial charge in [-0.2, -0.15) is 0 Å². The van der Waals surface area contributed by atoms with Crippen molar-refractivity contribution in [3.8, 4) is 5.69 Å². The molecule has 6 nitrogen and oxygen atoms in total. The molecule has 0 fully saturated rings. The zero-order valence-electron chi connectivity index (χ0n) is 14.2. The lowest BCUT2D eigenvalue weighted by atomic mass is 9.97. The molecular formula is C19H15N5OS2. The van der Waals surface area contributed by atoms with Crippen LogP contribution in [0, 0.1) is 0 Å². The van der Waals surface area contributed by atoms with Gasteiger partial charge in [-0.15, -0.1) is 27.8 Å². The van der Waals surface area contributed by atoms with E-state index in [0.29, 0.717) is 5.56 Å². The van der Waals surface area contributed by atoms with Gasteiger partial charge in [-0.05, 0) is 69.6 Å². The standard InChI is InChI=1S/C19H15N5OS2/c25-19(13-3-5-14(6-4-13)24-12-20-21-22-24)23-9-7-16-15(8-11-27-16)18(23)17-2-1-10-26-17/h1-6,8,10-12,18H,7,9H2/t18-/m0/s1. The molecule has 5 rings (SSSR count). The third-order valence-electron chi connectivity index (χ3n) is 4.77. The number of tetrazole rings is 1. The fraction of sp³-hybridized carbons (Fsp3) is 0.158. The van der Waals surface area contributed by atoms with Gasteiger partial charge in [-0.1, -0.05) is 6.07 Å². The molecule has 0 saturated heterocycles. The summed E-state index contributed by atoms with van der Waals surface area (Å²) in [5.74, 6) is 0.0496. The monoisotopic (exact) mass is 393 g/mol. The van der Waals surface area contributed by atoms with Crippen LogP contribution in [0.3, 0.4) is 0 Å². The van der Waals surface area contributed by atoms with E-state index in [0.717, 1.165) is 18.7 Å². The number of carbonyl (C=O) groups excluding carboxylic acids is 1. The number of rotatable bonds is 3. The van der Waals surface area contributed by atoms with Gasteiger partial charge in [-0.3, -0.25) is 4.79 Å². The van der Waals surface area contributed by atoms with Crippen molar-refractivity contribution < 1.29 is 4.79 Å². The molecule has 134 valence electrons. The van der Waals surface area contributed by atoms with E-state index in [2.05, 4.69) is 38.4 Å². The van der Waals surface area contributed by atoms with Crippen LogP contribution < -0.4 is 0 Å². The summed E-state index contributed by atoms with van der Waals surface area (Å²) in [6.07, 6.45) is 2.44. The highest BCUT2D eigenvalue weighted by molar-refractivity contribution is 7.10. The predicted molar refractivity (Wildman–Crippen MR) is 104 cm³/mol. The van der Waals surface area contributed by atoms with Crippen molar-refractivity contribution in [2.75, 3.05) is 6.54 Å². The van der Waals surface area contributed by atoms with E-state index in [1.807, 2.05) is 35.2 Å². The minimum Gasteiger partial charge on any atom is -0.326 e. The zero-order valence-corrected chi connectivity index (χ0v) is 15.9. The van der Waals surface area contributed by atoms with Gasteiger partial charge in [0.2, 0.25) is 0 Å². The maximum atomic E-state index is 13.3. The molecule has 3 aromatic heterocycles. The van der Waals surface area contributed by atoms with Crippen molar-refractivity contribution in [1.29, 1.82) is 0 Å². The number of hydrogen-bond donors (Lipinski definition) is 0. The molecule has 1 amide bonds. The average Bonchev–Trinajstić information content (AvgIpc) is 3.49. The molecule has 4 heterocycles. The number of carbonyl (C=O) groups is 1. The van der Waals surface area contributed by atoms with Crippen molar-refractivity contribution in [3.05, 3.63) is 80.4 Å². The summed E-state index contributed by atoms with van der Waals surface area (Å²) >= 11 is 3.48. The minimum absolute atomic E-state index is 0.00769. The Morgan fingerprint density at radius 3 is 2.70 bits per heavy atom. The summed E-state index contributed by atoms with van der Waals surface area (Å²) in [5, 5.41) is 15.4. The predicted octanol–water partition coefficient (Wildman–Crippen LogP) is 3.57. The Morgan fingerprint density at radius 1 is 1.07 bits per heavy atom. The van der Waals surface area contributed by atoms with E-state index in [-0.39, 0.29) is 11.9 Å². The number of nitrogens with zero attached hydrogens (tertiary/aromatic N) is 5. The van der Waals surface area contributed by atoms with E-state index < -0.39 is 0 Å². The highest BCUT2D eigenvalue weighted by atomic mass is 32.1. The fourth-order valence-corrected chi connectivity index (χ4v) is 5.25. The van der Waals surface area contributed by atoms with Gasteiger partial charge >= 0.3 is 0 Å². The first-order valence-corrected chi connectivity index (χ1v) is 10.3. The summed E-state index contributed by atoms with van der Waals surface area (Å²) in [5.41, 5.74) is 2.75. The second kappa shape index (κ2) is 6.71. The van der Waals surface area contributed by atoms with Crippen LogP contribution in [0.25, 0.3) is 5.69 Å². The Labute approximate surface area is 163 Å². The molecule has 4 aromatic rings. The van der Waals surface area contributed by atoms with E-state index in [4.69, 9.17) is 0 Å². The van der Waals surface area contributed by atoms with Gasteiger partial charge in [0.15, 0.2) is 0 Å². The normalized spacial score (nSPS) is 16.3. The van der Waals surface area contributed by atoms with Crippen LogP contribution in [-0.4, -0.2) is 37.6 Å². The van der Waals surface area contributed by atoms with Crippen molar-refractivity contribution in [3.63, 3.8) is 0 Å². The summed E-state index contributed by atoms with van der Waals surface area (Å²) in [6, 6.07) is 13.7. The molecule has 1 aliphatic heterocycles. The molecule has 0 radical (unpaired) electrons. The average molecular weight is 393 g/mol. The lowest BCUT2D eigenvalue weighted by Gasteiger charge is -2.35. The SMILES string of the molecule is O=C(c1ccc(-n2cnnn2)cc1)N1CCc2sccc2[C@H]1c1cccs1. The number of benzene rings is 1. The molecule has 0 unspecified atom stereocenters. The van der Waals surface area contributed by atoms with Crippen LogP contribution in [0.5, 0.6) is 0 Å². The van der Waals surface area contributed by atoms with Crippen LogP contribution in [-0.2, 0) is 6.42 Å². The molecule has 0 bridgehead atoms. The quantitative estimate of drug-likeness (QED) is 0.534. The second-order valence-electron chi connectivity index (χ2n) is 6.27. The summed E-state index contributed by atoms with van der Waals surface area (Å²) in [7, 11) is 0. The zero-order chi connectivity index (χ0) is 18.2. The van der Waals surface area contributed by atoms with Crippen LogP contribution >= 0.6 is 22.7 Å². The Kier molecular flexibility index (Phi) is 4.06. The topological polar surface area (TPSA) is 63.9 Å². The van der Waals surface area contributed by atoms with Crippen LogP contribution in [0.15, 0.2) is 59.6 Å². The second-order valence-corrected chi connectivity index (χ2v) is 8.25. The number of amides is 1. The minimum atomic E-state index is -0.00769. The van der Waals surface area contributed by atoms with Gasteiger partial charge in [0.25, 0.3) is 5.91 Å². The van der Waals surface area contributed by atoms with Crippen molar-refractivity contribution in [2.24, 2.45) is 0 Å². The van der Waals surface area contributed by atoms with Gasteiger partial charge in [0, 0.05) is 21.9 Å². The third kappa shape index (κ3) is 2.87. The van der Waals surface area contributed by atoms with Gasteiger partial charge in [0.1, 0.15) is 6.33 Å². The molecule has 0 spiro atoms. The van der Waals surface area contributed by atoms with Crippen molar-refractivity contribution in [2.45, 2.75) is 12.5 Å². The van der Waals surface area contributed by atoms with Crippen LogP contribution in [0.2, 0.25) is 0 Å². The molecule has 0 aliphatic carbocycles. The van der Waals surface area contributed by atoms with E-state index in [9.17, 15) is 4.79 Å². The van der Waals surface area contributed by atoms with Gasteiger partial charge in [0.05, 0.1) is 11.7 Å². The fourth-order valence-electron chi connectivity index (χ4n) is 3.49. The number of aromatic nitrogens is 4. The Bertz CT molecular complexity index is 1050. The van der Waals surface area contributed by atoms with Crippen LogP contribution in [0.1, 0.15) is 31.7 Å². The maximum absolute atomic E-state index is 13.3. The number of hydrogen-bond acceptors (Lipinski definition) is 6.